The lowest BCUT2D eigenvalue weighted by molar-refractivity contribution is 0.0983. The minimum absolute atomic E-state index is 0.0362. The van der Waals surface area contributed by atoms with Crippen LogP contribution in [-0.2, 0) is 16.6 Å². The largest absolute Gasteiger partial charge is 0.467 e. The van der Waals surface area contributed by atoms with Crippen molar-refractivity contribution < 1.29 is 17.6 Å². The molecular weight excluding hydrogens is 539 g/mol. The Labute approximate surface area is 231 Å². The van der Waals surface area contributed by atoms with Crippen molar-refractivity contribution in [3.63, 3.8) is 0 Å². The summed E-state index contributed by atoms with van der Waals surface area (Å²) in [5.74, 6) is 0.364. The number of nitrogens with zero attached hydrogens (tertiary/aromatic N) is 3. The second kappa shape index (κ2) is 11.6. The number of hydrogen-bond donors (Lipinski definition) is 0. The quantitative estimate of drug-likeness (QED) is 0.206. The third kappa shape index (κ3) is 5.40. The highest BCUT2D eigenvalue weighted by atomic mass is 32.2. The molecule has 1 fully saturated rings. The Kier molecular flexibility index (Phi) is 8.23. The number of thioether (sulfide) groups is 1. The summed E-state index contributed by atoms with van der Waals surface area (Å²) in [6, 6.07) is 15.9. The fraction of sp³-hybridized carbons (Fsp3) is 0.357. The standard InChI is InChI=1S/C28H31N3O4S3/c1-3-31(21-9-5-4-6-10-21)38(33,34)23-16-14-20(15-17-23)27(32)30(19-22-11-8-18-35-22)28-29-26-24(36-2)12-7-13-25(26)37-28/h7-8,11-18,21H,3-6,9-10,19H2,1-2H3. The molecule has 1 aliphatic rings. The highest BCUT2D eigenvalue weighted by Gasteiger charge is 2.31. The number of benzene rings is 2. The topological polar surface area (TPSA) is 83.7 Å². The molecule has 2 aromatic carbocycles. The predicted octanol–water partition coefficient (Wildman–Crippen LogP) is 6.80. The Morgan fingerprint density at radius 2 is 1.84 bits per heavy atom. The lowest BCUT2D eigenvalue weighted by Gasteiger charge is -2.32. The van der Waals surface area contributed by atoms with E-state index in [1.54, 1.807) is 57.6 Å². The number of carbonyl (C=O) groups is 1. The van der Waals surface area contributed by atoms with Crippen molar-refractivity contribution in [3.05, 3.63) is 72.2 Å². The molecule has 7 nitrogen and oxygen atoms in total. The van der Waals surface area contributed by atoms with Gasteiger partial charge < -0.3 is 4.42 Å². The minimum atomic E-state index is -3.65. The predicted molar refractivity (Wildman–Crippen MR) is 154 cm³/mol. The number of furan rings is 1. The summed E-state index contributed by atoms with van der Waals surface area (Å²) in [4.78, 5) is 21.5. The van der Waals surface area contributed by atoms with E-state index in [1.807, 2.05) is 37.4 Å². The number of anilines is 1. The molecule has 0 bridgehead atoms. The summed E-state index contributed by atoms with van der Waals surface area (Å²) in [6.07, 6.45) is 8.64. The summed E-state index contributed by atoms with van der Waals surface area (Å²) in [5.41, 5.74) is 1.25. The van der Waals surface area contributed by atoms with Gasteiger partial charge in [-0.15, -0.1) is 11.8 Å². The first-order valence-electron chi connectivity index (χ1n) is 12.8. The zero-order valence-corrected chi connectivity index (χ0v) is 23.9. The Morgan fingerprint density at radius 1 is 1.08 bits per heavy atom. The molecule has 0 unspecified atom stereocenters. The third-order valence-electron chi connectivity index (χ3n) is 6.96. The van der Waals surface area contributed by atoms with Crippen LogP contribution in [0.2, 0.25) is 0 Å². The number of para-hydroxylation sites is 1. The second-order valence-electron chi connectivity index (χ2n) is 9.30. The van der Waals surface area contributed by atoms with Crippen LogP contribution in [0.3, 0.4) is 0 Å². The molecule has 0 atom stereocenters. The first-order chi connectivity index (χ1) is 18.4. The van der Waals surface area contributed by atoms with E-state index in [4.69, 9.17) is 9.40 Å². The van der Waals surface area contributed by atoms with Crippen LogP contribution < -0.4 is 4.90 Å². The Balaban J connectivity index is 1.45. The van der Waals surface area contributed by atoms with Crippen LogP contribution in [0.4, 0.5) is 5.13 Å². The Morgan fingerprint density at radius 3 is 2.50 bits per heavy atom. The van der Waals surface area contributed by atoms with Gasteiger partial charge in [0, 0.05) is 23.0 Å². The maximum absolute atomic E-state index is 13.8. The van der Waals surface area contributed by atoms with Crippen LogP contribution >= 0.6 is 23.1 Å². The van der Waals surface area contributed by atoms with Crippen molar-refractivity contribution in [1.82, 2.24) is 9.29 Å². The fourth-order valence-corrected chi connectivity index (χ4v) is 8.34. The average Bonchev–Trinajstić information content (AvgIpc) is 3.62. The molecule has 5 rings (SSSR count). The Bertz CT molecular complexity index is 1490. The molecule has 200 valence electrons. The van der Waals surface area contributed by atoms with Crippen LogP contribution in [0.5, 0.6) is 0 Å². The molecule has 0 aliphatic heterocycles. The van der Waals surface area contributed by atoms with Gasteiger partial charge in [-0.25, -0.2) is 13.4 Å². The van der Waals surface area contributed by atoms with Gasteiger partial charge in [0.1, 0.15) is 5.76 Å². The van der Waals surface area contributed by atoms with Gasteiger partial charge in [0.15, 0.2) is 5.13 Å². The molecule has 1 aliphatic carbocycles. The molecular formula is C28H31N3O4S3. The van der Waals surface area contributed by atoms with Crippen LogP contribution in [0.25, 0.3) is 10.2 Å². The molecule has 10 heteroatoms. The third-order valence-corrected chi connectivity index (χ3v) is 10.8. The van der Waals surface area contributed by atoms with E-state index in [1.165, 1.54) is 11.3 Å². The van der Waals surface area contributed by atoms with Crippen molar-refractivity contribution in [3.8, 4) is 0 Å². The second-order valence-corrected chi connectivity index (χ2v) is 13.0. The minimum Gasteiger partial charge on any atom is -0.467 e. The fourth-order valence-electron chi connectivity index (χ4n) is 5.03. The summed E-state index contributed by atoms with van der Waals surface area (Å²) < 4.78 is 35.1. The van der Waals surface area contributed by atoms with Gasteiger partial charge in [-0.05, 0) is 67.6 Å². The van der Waals surface area contributed by atoms with Crippen molar-refractivity contribution in [2.24, 2.45) is 0 Å². The van der Waals surface area contributed by atoms with E-state index in [0.717, 1.165) is 47.2 Å². The number of hydrogen-bond acceptors (Lipinski definition) is 7. The van der Waals surface area contributed by atoms with E-state index >= 15 is 0 Å². The van der Waals surface area contributed by atoms with E-state index in [2.05, 4.69) is 0 Å². The monoisotopic (exact) mass is 569 g/mol. The zero-order valence-electron chi connectivity index (χ0n) is 21.5. The van der Waals surface area contributed by atoms with Gasteiger partial charge in [0.2, 0.25) is 10.0 Å². The molecule has 0 saturated heterocycles. The normalized spacial score (nSPS) is 14.8. The van der Waals surface area contributed by atoms with Gasteiger partial charge in [-0.1, -0.05) is 43.6 Å². The van der Waals surface area contributed by atoms with Crippen molar-refractivity contribution in [1.29, 1.82) is 0 Å². The van der Waals surface area contributed by atoms with E-state index in [-0.39, 0.29) is 23.4 Å². The molecule has 0 spiro atoms. The van der Waals surface area contributed by atoms with Crippen LogP contribution in [-0.4, -0.2) is 42.5 Å². The van der Waals surface area contributed by atoms with Crippen molar-refractivity contribution in [2.75, 3.05) is 17.7 Å². The maximum Gasteiger partial charge on any atom is 0.260 e. The number of amides is 1. The van der Waals surface area contributed by atoms with Crippen molar-refractivity contribution >= 4 is 54.4 Å². The van der Waals surface area contributed by atoms with Crippen LogP contribution in [0, 0.1) is 0 Å². The molecule has 38 heavy (non-hydrogen) atoms. The van der Waals surface area contributed by atoms with E-state index in [0.29, 0.717) is 23.0 Å². The van der Waals surface area contributed by atoms with Gasteiger partial charge in [0.05, 0.1) is 27.9 Å². The summed E-state index contributed by atoms with van der Waals surface area (Å²) in [7, 11) is -3.65. The molecule has 2 heterocycles. The number of sulfonamides is 1. The number of thiazole rings is 1. The first-order valence-corrected chi connectivity index (χ1v) is 16.3. The van der Waals surface area contributed by atoms with E-state index in [9.17, 15) is 13.2 Å². The molecule has 0 N–H and O–H groups in total. The van der Waals surface area contributed by atoms with Crippen molar-refractivity contribution in [2.45, 2.75) is 61.4 Å². The Hall–Kier alpha value is -2.66. The van der Waals surface area contributed by atoms with E-state index < -0.39 is 10.0 Å². The van der Waals surface area contributed by atoms with Gasteiger partial charge >= 0.3 is 0 Å². The van der Waals surface area contributed by atoms with Gasteiger partial charge in [-0.2, -0.15) is 4.31 Å². The molecule has 1 amide bonds. The number of fused-ring (bicyclic) bond motifs is 1. The number of rotatable bonds is 9. The lowest BCUT2D eigenvalue weighted by Crippen LogP contribution is -2.41. The van der Waals surface area contributed by atoms with Crippen LogP contribution in [0.15, 0.2) is 75.1 Å². The maximum atomic E-state index is 13.8. The SMILES string of the molecule is CCN(C1CCCCC1)S(=O)(=O)c1ccc(C(=O)N(Cc2ccco2)c2nc3c(SC)cccc3s2)cc1. The summed E-state index contributed by atoms with van der Waals surface area (Å²) in [5, 5.41) is 0.564. The summed E-state index contributed by atoms with van der Waals surface area (Å²) >= 11 is 3.06. The molecule has 4 aromatic rings. The lowest BCUT2D eigenvalue weighted by atomic mass is 9.95. The highest BCUT2D eigenvalue weighted by Crippen LogP contribution is 2.35. The number of carbonyl (C=O) groups excluding carboxylic acids is 1. The molecule has 2 aromatic heterocycles. The molecule has 1 saturated carbocycles. The molecule has 0 radical (unpaired) electrons. The first kappa shape index (κ1) is 26.9. The van der Waals surface area contributed by atoms with Gasteiger partial charge in [0.25, 0.3) is 5.91 Å². The summed E-state index contributed by atoms with van der Waals surface area (Å²) in [6.45, 7) is 2.53. The van der Waals surface area contributed by atoms with Crippen LogP contribution in [0.1, 0.15) is 55.1 Å². The van der Waals surface area contributed by atoms with Gasteiger partial charge in [-0.3, -0.25) is 9.69 Å². The smallest absolute Gasteiger partial charge is 0.260 e. The zero-order chi connectivity index (χ0) is 26.7. The number of aromatic nitrogens is 1. The highest BCUT2D eigenvalue weighted by molar-refractivity contribution is 7.98. The average molecular weight is 570 g/mol.